The van der Waals surface area contributed by atoms with Crippen LogP contribution < -0.4 is 0 Å². The third-order valence-corrected chi connectivity index (χ3v) is 4.04. The molecule has 6 heteroatoms. The summed E-state index contributed by atoms with van der Waals surface area (Å²) in [5.74, 6) is 0.812. The molecule has 0 radical (unpaired) electrons. The van der Waals surface area contributed by atoms with E-state index in [0.717, 1.165) is 36.2 Å². The number of hydrogen-bond donors (Lipinski definition) is 1. The fraction of sp³-hybridized carbons (Fsp3) is 0.250. The van der Waals surface area contributed by atoms with Crippen LogP contribution in [0.3, 0.4) is 0 Å². The number of hydrogen-bond acceptors (Lipinski definition) is 4. The van der Waals surface area contributed by atoms with Crippen molar-refractivity contribution in [2.24, 2.45) is 0 Å². The van der Waals surface area contributed by atoms with Gasteiger partial charge in [0.1, 0.15) is 12.2 Å². The summed E-state index contributed by atoms with van der Waals surface area (Å²) in [5.41, 5.74) is 2.45. The van der Waals surface area contributed by atoms with E-state index in [1.165, 1.54) is 6.33 Å². The Hall–Kier alpha value is -2.76. The molecule has 0 saturated carbocycles. The normalized spacial score (nSPS) is 18.0. The molecule has 1 fully saturated rings. The largest absolute Gasteiger partial charge is 0.340 e. The molecule has 1 unspecified atom stereocenters. The fourth-order valence-electron chi connectivity index (χ4n) is 3.00. The van der Waals surface area contributed by atoms with Crippen LogP contribution in [0.4, 0.5) is 0 Å². The van der Waals surface area contributed by atoms with Crippen LogP contribution in [0, 0.1) is 0 Å². The lowest BCUT2D eigenvalue weighted by molar-refractivity contribution is 0.0729. The summed E-state index contributed by atoms with van der Waals surface area (Å²) in [5, 5.41) is 0. The van der Waals surface area contributed by atoms with E-state index >= 15 is 0 Å². The zero-order valence-corrected chi connectivity index (χ0v) is 11.9. The Kier molecular flexibility index (Phi) is 3.07. The van der Waals surface area contributed by atoms with Gasteiger partial charge in [-0.15, -0.1) is 0 Å². The summed E-state index contributed by atoms with van der Waals surface area (Å²) in [6.45, 7) is 0.732. The molecule has 1 aromatic carbocycles. The first-order valence-corrected chi connectivity index (χ1v) is 7.33. The summed E-state index contributed by atoms with van der Waals surface area (Å²) in [7, 11) is 0. The topological polar surface area (TPSA) is 74.8 Å². The van der Waals surface area contributed by atoms with E-state index in [-0.39, 0.29) is 11.9 Å². The lowest BCUT2D eigenvalue weighted by Gasteiger charge is -2.22. The van der Waals surface area contributed by atoms with Gasteiger partial charge in [0.2, 0.25) is 0 Å². The van der Waals surface area contributed by atoms with Gasteiger partial charge in [0.15, 0.2) is 0 Å². The standard InChI is InChI=1S/C16H15N5O/c22-16(11-8-17-10-18-9-11)21-7-3-6-14(21)15-19-12-4-1-2-5-13(12)20-15/h1-2,4-5,8-10,14H,3,6-7H2,(H,19,20). The molecule has 3 heterocycles. The molecule has 4 rings (SSSR count). The minimum absolute atomic E-state index is 0.0138. The second-order valence-electron chi connectivity index (χ2n) is 5.42. The number of para-hydroxylation sites is 2. The van der Waals surface area contributed by atoms with Crippen LogP contribution in [0.5, 0.6) is 0 Å². The summed E-state index contributed by atoms with van der Waals surface area (Å²) in [6.07, 6.45) is 6.44. The van der Waals surface area contributed by atoms with Crippen molar-refractivity contribution in [1.82, 2.24) is 24.8 Å². The summed E-state index contributed by atoms with van der Waals surface area (Å²) < 4.78 is 0. The Morgan fingerprint density at radius 1 is 1.23 bits per heavy atom. The molecule has 0 bridgehead atoms. The van der Waals surface area contributed by atoms with Crippen molar-refractivity contribution in [3.8, 4) is 0 Å². The summed E-state index contributed by atoms with van der Waals surface area (Å²) >= 11 is 0. The van der Waals surface area contributed by atoms with Crippen molar-refractivity contribution in [3.63, 3.8) is 0 Å². The highest BCUT2D eigenvalue weighted by molar-refractivity contribution is 5.94. The van der Waals surface area contributed by atoms with E-state index in [2.05, 4.69) is 19.9 Å². The Morgan fingerprint density at radius 2 is 2.05 bits per heavy atom. The molecule has 2 aromatic heterocycles. The van der Waals surface area contributed by atoms with Gasteiger partial charge in [-0.25, -0.2) is 15.0 Å². The zero-order chi connectivity index (χ0) is 14.9. The minimum atomic E-state index is -0.0384. The predicted octanol–water partition coefficient (Wildman–Crippen LogP) is 2.33. The van der Waals surface area contributed by atoms with Gasteiger partial charge in [-0.3, -0.25) is 4.79 Å². The monoisotopic (exact) mass is 293 g/mol. The van der Waals surface area contributed by atoms with Gasteiger partial charge in [0.05, 0.1) is 22.6 Å². The number of amides is 1. The van der Waals surface area contributed by atoms with Gasteiger partial charge < -0.3 is 9.88 Å². The Morgan fingerprint density at radius 3 is 2.86 bits per heavy atom. The fourth-order valence-corrected chi connectivity index (χ4v) is 3.00. The second-order valence-corrected chi connectivity index (χ2v) is 5.42. The highest BCUT2D eigenvalue weighted by atomic mass is 16.2. The first kappa shape index (κ1) is 12.9. The Bertz CT molecular complexity index is 781. The first-order chi connectivity index (χ1) is 10.8. The molecule has 0 aliphatic carbocycles. The molecule has 1 aliphatic rings. The van der Waals surface area contributed by atoms with Crippen molar-refractivity contribution in [1.29, 1.82) is 0 Å². The van der Waals surface area contributed by atoms with Crippen LogP contribution in [0.25, 0.3) is 11.0 Å². The zero-order valence-electron chi connectivity index (χ0n) is 11.9. The second kappa shape index (κ2) is 5.22. The summed E-state index contributed by atoms with van der Waals surface area (Å²) in [6, 6.07) is 7.90. The number of aromatic nitrogens is 4. The van der Waals surface area contributed by atoms with E-state index in [1.807, 2.05) is 29.2 Å². The predicted molar refractivity (Wildman–Crippen MR) is 81.1 cm³/mol. The number of imidazole rings is 1. The third kappa shape index (κ3) is 2.13. The molecular formula is C16H15N5O. The van der Waals surface area contributed by atoms with Gasteiger partial charge >= 0.3 is 0 Å². The van der Waals surface area contributed by atoms with Gasteiger partial charge in [0, 0.05) is 18.9 Å². The van der Waals surface area contributed by atoms with E-state index in [1.54, 1.807) is 12.4 Å². The van der Waals surface area contributed by atoms with Crippen LogP contribution >= 0.6 is 0 Å². The maximum Gasteiger partial charge on any atom is 0.257 e. The number of aromatic amines is 1. The third-order valence-electron chi connectivity index (χ3n) is 4.04. The van der Waals surface area contributed by atoms with Crippen molar-refractivity contribution in [2.45, 2.75) is 18.9 Å². The number of H-pyrrole nitrogens is 1. The average molecular weight is 293 g/mol. The number of likely N-dealkylation sites (tertiary alicyclic amines) is 1. The van der Waals surface area contributed by atoms with Crippen LogP contribution in [-0.2, 0) is 0 Å². The maximum atomic E-state index is 12.7. The highest BCUT2D eigenvalue weighted by Gasteiger charge is 2.32. The number of fused-ring (bicyclic) bond motifs is 1. The SMILES string of the molecule is O=C(c1cncnc1)N1CCCC1c1nc2ccccc2[nH]1. The van der Waals surface area contributed by atoms with Gasteiger partial charge in [-0.05, 0) is 25.0 Å². The van der Waals surface area contributed by atoms with Gasteiger partial charge in [-0.2, -0.15) is 0 Å². The molecule has 3 aromatic rings. The molecule has 1 N–H and O–H groups in total. The van der Waals surface area contributed by atoms with E-state index in [4.69, 9.17) is 0 Å². The molecule has 1 aliphatic heterocycles. The van der Waals surface area contributed by atoms with Crippen LogP contribution in [0.1, 0.15) is 35.1 Å². The summed E-state index contributed by atoms with van der Waals surface area (Å²) in [4.78, 5) is 30.3. The lowest BCUT2D eigenvalue weighted by atomic mass is 10.2. The van der Waals surface area contributed by atoms with E-state index in [0.29, 0.717) is 5.56 Å². The Balaban J connectivity index is 1.67. The van der Waals surface area contributed by atoms with Crippen molar-refractivity contribution >= 4 is 16.9 Å². The van der Waals surface area contributed by atoms with Crippen molar-refractivity contribution in [3.05, 3.63) is 54.4 Å². The molecule has 110 valence electrons. The van der Waals surface area contributed by atoms with Crippen LogP contribution in [-0.4, -0.2) is 37.3 Å². The van der Waals surface area contributed by atoms with Crippen molar-refractivity contribution < 1.29 is 4.79 Å². The number of nitrogens with zero attached hydrogens (tertiary/aromatic N) is 4. The van der Waals surface area contributed by atoms with Crippen LogP contribution in [0.2, 0.25) is 0 Å². The first-order valence-electron chi connectivity index (χ1n) is 7.33. The molecule has 22 heavy (non-hydrogen) atoms. The quantitative estimate of drug-likeness (QED) is 0.787. The maximum absolute atomic E-state index is 12.7. The van der Waals surface area contributed by atoms with E-state index in [9.17, 15) is 4.79 Å². The number of nitrogens with one attached hydrogen (secondary N) is 1. The minimum Gasteiger partial charge on any atom is -0.340 e. The highest BCUT2D eigenvalue weighted by Crippen LogP contribution is 2.32. The molecule has 0 spiro atoms. The number of benzene rings is 1. The van der Waals surface area contributed by atoms with Gasteiger partial charge in [-0.1, -0.05) is 12.1 Å². The molecule has 1 saturated heterocycles. The van der Waals surface area contributed by atoms with Gasteiger partial charge in [0.25, 0.3) is 5.91 Å². The van der Waals surface area contributed by atoms with E-state index < -0.39 is 0 Å². The van der Waals surface area contributed by atoms with Crippen LogP contribution in [0.15, 0.2) is 43.0 Å². The molecule has 1 amide bonds. The molecular weight excluding hydrogens is 278 g/mol. The number of carbonyl (C=O) groups is 1. The molecule has 6 nitrogen and oxygen atoms in total. The smallest absolute Gasteiger partial charge is 0.257 e. The average Bonchev–Trinajstić information content (AvgIpc) is 3.21. The Labute approximate surface area is 127 Å². The number of carbonyl (C=O) groups excluding carboxylic acids is 1. The van der Waals surface area contributed by atoms with Crippen molar-refractivity contribution in [2.75, 3.05) is 6.54 Å². The molecule has 1 atom stereocenters. The lowest BCUT2D eigenvalue weighted by Crippen LogP contribution is -2.31. The number of rotatable bonds is 2.